The minimum Gasteiger partial charge on any atom is -0.357 e. The number of nitrogens with one attached hydrogen (secondary N) is 1. The van der Waals surface area contributed by atoms with Gasteiger partial charge in [0.25, 0.3) is 5.91 Å². The van der Waals surface area contributed by atoms with Crippen LogP contribution in [-0.4, -0.2) is 41.1 Å². The second-order valence-electron chi connectivity index (χ2n) is 7.74. The Morgan fingerprint density at radius 1 is 1.17 bits per heavy atom. The molecule has 4 rings (SSSR count). The second kappa shape index (κ2) is 6.16. The number of rotatable bonds is 4. The molecule has 1 saturated heterocycles. The minimum atomic E-state index is -0.446. The van der Waals surface area contributed by atoms with Crippen LogP contribution in [0.1, 0.15) is 51.0 Å². The van der Waals surface area contributed by atoms with Crippen molar-refractivity contribution in [1.29, 1.82) is 0 Å². The molecule has 0 radical (unpaired) electrons. The van der Waals surface area contributed by atoms with Crippen molar-refractivity contribution in [3.63, 3.8) is 0 Å². The first-order valence-electron chi connectivity index (χ1n) is 9.42. The van der Waals surface area contributed by atoms with Gasteiger partial charge in [-0.15, -0.1) is 0 Å². The molecule has 1 N–H and O–H groups in total. The van der Waals surface area contributed by atoms with Crippen LogP contribution in [-0.2, 0) is 16.1 Å². The molecule has 0 aromatic heterocycles. The predicted molar refractivity (Wildman–Crippen MR) is 93.6 cm³/mol. The first kappa shape index (κ1) is 16.1. The summed E-state index contributed by atoms with van der Waals surface area (Å²) in [5.41, 5.74) is 0.801. The molecule has 1 aromatic carbocycles. The number of ether oxygens (including phenoxy) is 1. The molecule has 24 heavy (non-hydrogen) atoms. The van der Waals surface area contributed by atoms with Gasteiger partial charge >= 0.3 is 0 Å². The summed E-state index contributed by atoms with van der Waals surface area (Å²) >= 11 is 0. The molecule has 3 aliphatic rings. The molecular formula is C20H28N2O2. The lowest BCUT2D eigenvalue weighted by molar-refractivity contribution is -0.198. The molecule has 1 amide bonds. The molecule has 4 nitrogen and oxygen atoms in total. The molecule has 3 fully saturated rings. The lowest BCUT2D eigenvalue weighted by Crippen LogP contribution is -2.61. The molecule has 130 valence electrons. The predicted octanol–water partition coefficient (Wildman–Crippen LogP) is 2.87. The van der Waals surface area contributed by atoms with Gasteiger partial charge in [-0.25, -0.2) is 0 Å². The highest BCUT2D eigenvalue weighted by Crippen LogP contribution is 2.50. The summed E-state index contributed by atoms with van der Waals surface area (Å²) in [4.78, 5) is 14.5. The lowest BCUT2D eigenvalue weighted by atomic mass is 9.80. The molecule has 0 unspecified atom stereocenters. The molecule has 4 heteroatoms. The van der Waals surface area contributed by atoms with E-state index < -0.39 is 5.60 Å². The third-order valence-electron chi connectivity index (χ3n) is 5.99. The zero-order valence-corrected chi connectivity index (χ0v) is 14.6. The van der Waals surface area contributed by atoms with E-state index in [0.29, 0.717) is 6.04 Å². The SMILES string of the molecule is CCN1C[C@]2(CC[C@H](NCc3ccccc3)CC2)OC2(CC2)C1=O. The summed E-state index contributed by atoms with van der Waals surface area (Å²) in [7, 11) is 0. The van der Waals surface area contributed by atoms with Gasteiger partial charge in [0.15, 0.2) is 0 Å². The molecule has 1 heterocycles. The number of carbonyl (C=O) groups is 1. The van der Waals surface area contributed by atoms with Crippen molar-refractivity contribution in [1.82, 2.24) is 10.2 Å². The van der Waals surface area contributed by atoms with Crippen molar-refractivity contribution in [2.75, 3.05) is 13.1 Å². The van der Waals surface area contributed by atoms with Crippen LogP contribution in [0.3, 0.4) is 0 Å². The van der Waals surface area contributed by atoms with E-state index in [1.54, 1.807) is 0 Å². The highest BCUT2D eigenvalue weighted by molar-refractivity contribution is 5.89. The van der Waals surface area contributed by atoms with Crippen LogP contribution < -0.4 is 5.32 Å². The van der Waals surface area contributed by atoms with E-state index in [0.717, 1.165) is 58.2 Å². The maximum Gasteiger partial charge on any atom is 0.254 e. The Morgan fingerprint density at radius 2 is 1.88 bits per heavy atom. The topological polar surface area (TPSA) is 41.6 Å². The molecule has 2 aliphatic carbocycles. The van der Waals surface area contributed by atoms with Crippen LogP contribution >= 0.6 is 0 Å². The Morgan fingerprint density at radius 3 is 2.50 bits per heavy atom. The first-order chi connectivity index (χ1) is 11.6. The number of hydrogen-bond acceptors (Lipinski definition) is 3. The fraction of sp³-hybridized carbons (Fsp3) is 0.650. The minimum absolute atomic E-state index is 0.0919. The van der Waals surface area contributed by atoms with Crippen LogP contribution in [0.2, 0.25) is 0 Å². The fourth-order valence-corrected chi connectivity index (χ4v) is 4.35. The number of amides is 1. The van der Waals surface area contributed by atoms with Crippen LogP contribution in [0.4, 0.5) is 0 Å². The van der Waals surface area contributed by atoms with E-state index in [-0.39, 0.29) is 11.5 Å². The molecular weight excluding hydrogens is 300 g/mol. The maximum absolute atomic E-state index is 12.5. The van der Waals surface area contributed by atoms with Crippen molar-refractivity contribution in [3.05, 3.63) is 35.9 Å². The summed E-state index contributed by atoms with van der Waals surface area (Å²) in [6.07, 6.45) is 6.22. The van der Waals surface area contributed by atoms with Gasteiger partial charge in [-0.05, 0) is 51.0 Å². The van der Waals surface area contributed by atoms with Gasteiger partial charge in [0.05, 0.1) is 5.60 Å². The highest BCUT2D eigenvalue weighted by Gasteiger charge is 2.61. The van der Waals surface area contributed by atoms with E-state index in [1.165, 1.54) is 5.56 Å². The van der Waals surface area contributed by atoms with Crippen LogP contribution in [0.5, 0.6) is 0 Å². The van der Waals surface area contributed by atoms with E-state index in [9.17, 15) is 4.79 Å². The van der Waals surface area contributed by atoms with Crippen LogP contribution in [0.15, 0.2) is 30.3 Å². The summed E-state index contributed by atoms with van der Waals surface area (Å²) in [5, 5.41) is 3.69. The van der Waals surface area contributed by atoms with E-state index in [2.05, 4.69) is 42.6 Å². The summed E-state index contributed by atoms with van der Waals surface area (Å²) in [6.45, 7) is 4.61. The molecule has 0 atom stereocenters. The number of hydrogen-bond donors (Lipinski definition) is 1. The van der Waals surface area contributed by atoms with E-state index in [1.807, 2.05) is 4.90 Å². The summed E-state index contributed by atoms with van der Waals surface area (Å²) in [6, 6.07) is 11.1. The number of benzene rings is 1. The number of likely N-dealkylation sites (N-methyl/N-ethyl adjacent to an activating group) is 1. The van der Waals surface area contributed by atoms with E-state index in [4.69, 9.17) is 4.74 Å². The van der Waals surface area contributed by atoms with Gasteiger partial charge in [0, 0.05) is 25.7 Å². The Balaban J connectivity index is 1.34. The zero-order valence-electron chi connectivity index (χ0n) is 14.6. The maximum atomic E-state index is 12.5. The Kier molecular flexibility index (Phi) is 4.13. The van der Waals surface area contributed by atoms with Crippen LogP contribution in [0.25, 0.3) is 0 Å². The van der Waals surface area contributed by atoms with Crippen molar-refractivity contribution < 1.29 is 9.53 Å². The third kappa shape index (κ3) is 2.98. The van der Waals surface area contributed by atoms with Gasteiger partial charge in [0.2, 0.25) is 0 Å². The van der Waals surface area contributed by atoms with Gasteiger partial charge in [0.1, 0.15) is 5.60 Å². The molecule has 2 spiro atoms. The van der Waals surface area contributed by atoms with Crippen molar-refractivity contribution in [3.8, 4) is 0 Å². The number of carbonyl (C=O) groups excluding carboxylic acids is 1. The van der Waals surface area contributed by atoms with Crippen molar-refractivity contribution >= 4 is 5.91 Å². The number of nitrogens with zero attached hydrogens (tertiary/aromatic N) is 1. The monoisotopic (exact) mass is 328 g/mol. The molecule has 2 saturated carbocycles. The zero-order chi connectivity index (χ0) is 16.6. The summed E-state index contributed by atoms with van der Waals surface area (Å²) < 4.78 is 6.45. The van der Waals surface area contributed by atoms with Crippen molar-refractivity contribution in [2.24, 2.45) is 0 Å². The first-order valence-corrected chi connectivity index (χ1v) is 9.42. The average molecular weight is 328 g/mol. The van der Waals surface area contributed by atoms with E-state index >= 15 is 0 Å². The largest absolute Gasteiger partial charge is 0.357 e. The van der Waals surface area contributed by atoms with Crippen LogP contribution in [0, 0.1) is 0 Å². The molecule has 1 aliphatic heterocycles. The number of morpholine rings is 1. The summed E-state index contributed by atoms with van der Waals surface area (Å²) in [5.74, 6) is 0.236. The Hall–Kier alpha value is -1.39. The average Bonchev–Trinajstić information content (AvgIpc) is 3.39. The normalized spacial score (nSPS) is 31.6. The fourth-order valence-electron chi connectivity index (χ4n) is 4.35. The van der Waals surface area contributed by atoms with Gasteiger partial charge in [-0.1, -0.05) is 30.3 Å². The Bertz CT molecular complexity index is 589. The molecule has 0 bridgehead atoms. The smallest absolute Gasteiger partial charge is 0.254 e. The molecule has 1 aromatic rings. The van der Waals surface area contributed by atoms with Gasteiger partial charge in [-0.2, -0.15) is 0 Å². The van der Waals surface area contributed by atoms with Crippen molar-refractivity contribution in [2.45, 2.75) is 69.2 Å². The third-order valence-corrected chi connectivity index (χ3v) is 5.99. The Labute approximate surface area is 144 Å². The van der Waals surface area contributed by atoms with Gasteiger partial charge < -0.3 is 15.0 Å². The second-order valence-corrected chi connectivity index (χ2v) is 7.74. The quantitative estimate of drug-likeness (QED) is 0.924. The highest BCUT2D eigenvalue weighted by atomic mass is 16.5. The standard InChI is InChI=1S/C20H28N2O2/c1-2-22-15-19(24-20(12-13-20)18(22)23)10-8-17(9-11-19)21-14-16-6-4-3-5-7-16/h3-7,17,21H,2,8-15H2,1H3/t17-,19+. The lowest BCUT2D eigenvalue weighted by Gasteiger charge is -2.49. The van der Waals surface area contributed by atoms with Gasteiger partial charge in [-0.3, -0.25) is 4.79 Å².